The first kappa shape index (κ1) is 30.1. The summed E-state index contributed by atoms with van der Waals surface area (Å²) >= 11 is 0. The van der Waals surface area contributed by atoms with Gasteiger partial charge in [-0.05, 0) is 54.4 Å². The highest BCUT2D eigenvalue weighted by Crippen LogP contribution is 2.26. The molecule has 214 valence electrons. The van der Waals surface area contributed by atoms with E-state index in [-0.39, 0.29) is 11.9 Å². The second-order valence-corrected chi connectivity index (χ2v) is 10.6. The van der Waals surface area contributed by atoms with Gasteiger partial charge in [-0.2, -0.15) is 0 Å². The van der Waals surface area contributed by atoms with Crippen LogP contribution in [0.2, 0.25) is 0 Å². The number of ether oxygens (including phenoxy) is 1. The molecule has 0 amide bonds. The molecule has 0 bridgehead atoms. The Labute approximate surface area is 245 Å². The fourth-order valence-corrected chi connectivity index (χ4v) is 5.12. The molecule has 0 aliphatic heterocycles. The number of rotatable bonds is 17. The molecule has 1 N–H and O–H groups in total. The van der Waals surface area contributed by atoms with Gasteiger partial charge in [-0.25, -0.2) is 9.13 Å². The summed E-state index contributed by atoms with van der Waals surface area (Å²) in [5, 5.41) is 8.89. The van der Waals surface area contributed by atoms with E-state index in [9.17, 15) is 4.79 Å². The molecule has 0 unspecified atom stereocenters. The van der Waals surface area contributed by atoms with E-state index in [1.807, 2.05) is 60.7 Å². The van der Waals surface area contributed by atoms with Crippen molar-refractivity contribution in [3.05, 3.63) is 121 Å². The van der Waals surface area contributed by atoms with E-state index in [0.717, 1.165) is 75.6 Å². The number of esters is 1. The topological polar surface area (TPSA) is 54.3 Å². The third-order valence-electron chi connectivity index (χ3n) is 7.50. The van der Waals surface area contributed by atoms with E-state index in [0.29, 0.717) is 13.2 Å². The largest absolute Gasteiger partial charge is 0.465 e. The maximum absolute atomic E-state index is 13.0. The number of aliphatic hydroxyl groups excluding tert-OH is 1. The molecule has 2 heterocycles. The third kappa shape index (κ3) is 9.94. The van der Waals surface area contributed by atoms with Gasteiger partial charge < -0.3 is 9.84 Å². The second kappa shape index (κ2) is 17.1. The minimum Gasteiger partial charge on any atom is -0.465 e. The standard InChI is InChI=1S/C36H44N2O3/c39-29-13-3-1-11-23-37-25-19-31(20-26-37)32-21-27-38(28-22-32)24-12-2-4-14-30-41-36(40)35(33-15-7-5-8-16-33)34-17-9-6-10-18-34/h5-10,15-22,25-28,35,39H,1-4,11-14,23-24,29-30H2/q+2. The number of pyridine rings is 2. The SMILES string of the molecule is O=C(OCCCCCC[n+]1ccc(-c2cc[n+](CCCCCCO)cc2)cc1)C(c1ccccc1)c1ccccc1. The Kier molecular flexibility index (Phi) is 12.6. The number of aryl methyl sites for hydroxylation is 2. The summed E-state index contributed by atoms with van der Waals surface area (Å²) in [6.45, 7) is 2.75. The zero-order valence-corrected chi connectivity index (χ0v) is 24.1. The average Bonchev–Trinajstić information content (AvgIpc) is 3.02. The van der Waals surface area contributed by atoms with Crippen molar-refractivity contribution in [1.29, 1.82) is 0 Å². The number of aliphatic hydroxyl groups is 1. The molecule has 5 heteroatoms. The number of aromatic nitrogens is 2. The summed E-state index contributed by atoms with van der Waals surface area (Å²) in [6.07, 6.45) is 17.0. The van der Waals surface area contributed by atoms with Gasteiger partial charge in [-0.3, -0.25) is 4.79 Å². The maximum atomic E-state index is 13.0. The van der Waals surface area contributed by atoms with Crippen LogP contribution in [0.1, 0.15) is 68.4 Å². The molecule has 0 saturated heterocycles. The molecule has 2 aromatic carbocycles. The number of nitrogens with zero attached hydrogens (tertiary/aromatic N) is 2. The van der Waals surface area contributed by atoms with E-state index >= 15 is 0 Å². The summed E-state index contributed by atoms with van der Waals surface area (Å²) in [5.74, 6) is -0.568. The monoisotopic (exact) mass is 552 g/mol. The Morgan fingerprint density at radius 1 is 0.585 bits per heavy atom. The summed E-state index contributed by atoms with van der Waals surface area (Å²) < 4.78 is 10.2. The van der Waals surface area contributed by atoms with Crippen LogP contribution in [0.5, 0.6) is 0 Å². The highest BCUT2D eigenvalue weighted by Gasteiger charge is 2.23. The van der Waals surface area contributed by atoms with Gasteiger partial charge in [-0.1, -0.05) is 67.1 Å². The van der Waals surface area contributed by atoms with Crippen molar-refractivity contribution in [2.24, 2.45) is 0 Å². The molecule has 0 atom stereocenters. The van der Waals surface area contributed by atoms with Gasteiger partial charge in [0.15, 0.2) is 24.8 Å². The molecule has 0 spiro atoms. The Morgan fingerprint density at radius 2 is 1.02 bits per heavy atom. The maximum Gasteiger partial charge on any atom is 0.317 e. The van der Waals surface area contributed by atoms with Gasteiger partial charge in [0.1, 0.15) is 19.0 Å². The number of benzene rings is 2. The third-order valence-corrected chi connectivity index (χ3v) is 7.50. The lowest BCUT2D eigenvalue weighted by molar-refractivity contribution is -0.697. The van der Waals surface area contributed by atoms with Crippen LogP contribution in [-0.2, 0) is 22.6 Å². The Hall–Kier alpha value is -3.83. The van der Waals surface area contributed by atoms with E-state index < -0.39 is 0 Å². The predicted molar refractivity (Wildman–Crippen MR) is 162 cm³/mol. The van der Waals surface area contributed by atoms with Crippen LogP contribution in [0.25, 0.3) is 11.1 Å². The molecule has 41 heavy (non-hydrogen) atoms. The van der Waals surface area contributed by atoms with Crippen molar-refractivity contribution < 1.29 is 23.8 Å². The van der Waals surface area contributed by atoms with Gasteiger partial charge in [0.25, 0.3) is 0 Å². The second-order valence-electron chi connectivity index (χ2n) is 10.6. The van der Waals surface area contributed by atoms with E-state index in [2.05, 4.69) is 58.2 Å². The van der Waals surface area contributed by atoms with Gasteiger partial charge in [0, 0.05) is 43.7 Å². The van der Waals surface area contributed by atoms with Crippen LogP contribution in [0.3, 0.4) is 0 Å². The molecule has 2 aromatic heterocycles. The van der Waals surface area contributed by atoms with E-state index in [4.69, 9.17) is 9.84 Å². The highest BCUT2D eigenvalue weighted by atomic mass is 16.5. The molecule has 0 radical (unpaired) electrons. The van der Waals surface area contributed by atoms with Crippen molar-refractivity contribution in [3.8, 4) is 11.1 Å². The first-order chi connectivity index (χ1) is 20.2. The number of carbonyl (C=O) groups is 1. The number of hydrogen-bond acceptors (Lipinski definition) is 3. The fourth-order valence-electron chi connectivity index (χ4n) is 5.12. The predicted octanol–water partition coefficient (Wildman–Crippen LogP) is 6.42. The highest BCUT2D eigenvalue weighted by molar-refractivity contribution is 5.82. The van der Waals surface area contributed by atoms with E-state index in [1.165, 1.54) is 11.1 Å². The van der Waals surface area contributed by atoms with Crippen LogP contribution in [-0.4, -0.2) is 24.3 Å². The van der Waals surface area contributed by atoms with Crippen LogP contribution < -0.4 is 9.13 Å². The quantitative estimate of drug-likeness (QED) is 0.0935. The number of hydrogen-bond donors (Lipinski definition) is 1. The molecule has 0 fully saturated rings. The minimum absolute atomic E-state index is 0.180. The van der Waals surface area contributed by atoms with Gasteiger partial charge in [0.2, 0.25) is 0 Å². The number of unbranched alkanes of at least 4 members (excludes halogenated alkanes) is 6. The molecule has 4 aromatic rings. The van der Waals surface area contributed by atoms with Crippen molar-refractivity contribution in [3.63, 3.8) is 0 Å². The summed E-state index contributed by atoms with van der Waals surface area (Å²) in [5.41, 5.74) is 4.38. The minimum atomic E-state index is -0.388. The Balaban J connectivity index is 1.14. The molecular weight excluding hydrogens is 508 g/mol. The fraction of sp³-hybridized carbons (Fsp3) is 0.361. The van der Waals surface area contributed by atoms with Gasteiger partial charge in [-0.15, -0.1) is 0 Å². The lowest BCUT2D eigenvalue weighted by atomic mass is 9.91. The van der Waals surface area contributed by atoms with Crippen LogP contribution >= 0.6 is 0 Å². The van der Waals surface area contributed by atoms with Crippen molar-refractivity contribution in [2.75, 3.05) is 13.2 Å². The molecule has 0 aliphatic carbocycles. The van der Waals surface area contributed by atoms with Crippen LogP contribution in [0.15, 0.2) is 110 Å². The smallest absolute Gasteiger partial charge is 0.317 e. The molecule has 5 nitrogen and oxygen atoms in total. The van der Waals surface area contributed by atoms with Crippen LogP contribution in [0.4, 0.5) is 0 Å². The van der Waals surface area contributed by atoms with E-state index in [1.54, 1.807) is 0 Å². The first-order valence-corrected chi connectivity index (χ1v) is 15.1. The van der Waals surface area contributed by atoms with Crippen molar-refractivity contribution >= 4 is 5.97 Å². The molecular formula is C36H44N2O3+2. The summed E-state index contributed by atoms with van der Waals surface area (Å²) in [7, 11) is 0. The zero-order valence-electron chi connectivity index (χ0n) is 24.1. The lowest BCUT2D eigenvalue weighted by Crippen LogP contribution is -2.33. The van der Waals surface area contributed by atoms with Crippen LogP contribution in [0, 0.1) is 0 Å². The summed E-state index contributed by atoms with van der Waals surface area (Å²) in [6, 6.07) is 28.5. The zero-order chi connectivity index (χ0) is 28.5. The Bertz CT molecular complexity index is 1240. The molecule has 4 rings (SSSR count). The number of carbonyl (C=O) groups excluding carboxylic acids is 1. The van der Waals surface area contributed by atoms with Crippen molar-refractivity contribution in [2.45, 2.75) is 70.4 Å². The Morgan fingerprint density at radius 3 is 1.49 bits per heavy atom. The first-order valence-electron chi connectivity index (χ1n) is 15.1. The molecule has 0 saturated carbocycles. The van der Waals surface area contributed by atoms with Gasteiger partial charge in [0.05, 0.1) is 6.61 Å². The summed E-state index contributed by atoms with van der Waals surface area (Å²) in [4.78, 5) is 13.0. The van der Waals surface area contributed by atoms with Crippen molar-refractivity contribution in [1.82, 2.24) is 0 Å². The van der Waals surface area contributed by atoms with Gasteiger partial charge >= 0.3 is 5.97 Å². The lowest BCUT2D eigenvalue weighted by Gasteiger charge is -2.17. The average molecular weight is 553 g/mol. The normalized spacial score (nSPS) is 11.1. The molecule has 0 aliphatic rings.